The molecule has 1 amide bonds. The summed E-state index contributed by atoms with van der Waals surface area (Å²) in [6.45, 7) is 1.86. The van der Waals surface area contributed by atoms with E-state index >= 15 is 4.39 Å². The van der Waals surface area contributed by atoms with Crippen LogP contribution in [0.3, 0.4) is 0 Å². The maximum atomic E-state index is 15.0. The summed E-state index contributed by atoms with van der Waals surface area (Å²) >= 11 is 0. The number of β-amino-alcohol motifs (C(OH)–C–C–N with tert-alkyl or cyclic N) is 1. The Morgan fingerprint density at radius 2 is 2.16 bits per heavy atom. The zero-order chi connectivity index (χ0) is 22.4. The van der Waals surface area contributed by atoms with Gasteiger partial charge in [-0.1, -0.05) is 12.1 Å². The lowest BCUT2D eigenvalue weighted by atomic mass is 9.94. The van der Waals surface area contributed by atoms with Gasteiger partial charge in [-0.25, -0.2) is 9.97 Å². The van der Waals surface area contributed by atoms with Gasteiger partial charge < -0.3 is 21.1 Å². The monoisotopic (exact) mass is 427 g/mol. The number of halogens is 1. The van der Waals surface area contributed by atoms with Crippen LogP contribution in [0.1, 0.15) is 17.5 Å². The number of carbonyl (C=O) groups is 1. The Morgan fingerprint density at radius 3 is 2.81 bits per heavy atom. The minimum absolute atomic E-state index is 0.0726. The summed E-state index contributed by atoms with van der Waals surface area (Å²) in [4.78, 5) is 22.6. The molecule has 9 nitrogen and oxygen atoms in total. The number of benzene rings is 1. The first-order valence-corrected chi connectivity index (χ1v) is 10.0. The number of aliphatic hydroxyl groups excluding tert-OH is 1. The van der Waals surface area contributed by atoms with E-state index in [4.69, 9.17) is 11.0 Å². The lowest BCUT2D eigenvalue weighted by Gasteiger charge is -2.35. The van der Waals surface area contributed by atoms with Gasteiger partial charge in [0.2, 0.25) is 11.7 Å². The van der Waals surface area contributed by atoms with Gasteiger partial charge in [-0.3, -0.25) is 9.69 Å². The Kier molecular flexibility index (Phi) is 7.33. The molecule has 2 aromatic rings. The van der Waals surface area contributed by atoms with E-state index in [0.29, 0.717) is 38.2 Å². The highest BCUT2D eigenvalue weighted by Crippen LogP contribution is 2.24. The van der Waals surface area contributed by atoms with Crippen LogP contribution in [0.2, 0.25) is 0 Å². The van der Waals surface area contributed by atoms with E-state index < -0.39 is 17.8 Å². The van der Waals surface area contributed by atoms with Crippen molar-refractivity contribution >= 4 is 17.5 Å². The number of amides is 1. The number of aromatic nitrogens is 2. The van der Waals surface area contributed by atoms with Crippen LogP contribution in [-0.4, -0.2) is 65.2 Å². The van der Waals surface area contributed by atoms with Crippen molar-refractivity contribution in [1.82, 2.24) is 14.9 Å². The van der Waals surface area contributed by atoms with E-state index in [1.54, 1.807) is 24.1 Å². The molecule has 0 spiro atoms. The first-order chi connectivity index (χ1) is 14.9. The summed E-state index contributed by atoms with van der Waals surface area (Å²) in [6, 6.07) is 9.13. The van der Waals surface area contributed by atoms with Crippen LogP contribution >= 0.6 is 0 Å². The number of hydrogen-bond donors (Lipinski definition) is 3. The van der Waals surface area contributed by atoms with Crippen LogP contribution in [0.15, 0.2) is 30.6 Å². The van der Waals surface area contributed by atoms with E-state index in [-0.39, 0.29) is 24.1 Å². The van der Waals surface area contributed by atoms with E-state index in [1.165, 1.54) is 6.33 Å². The van der Waals surface area contributed by atoms with Crippen molar-refractivity contribution in [2.24, 2.45) is 11.7 Å². The molecule has 1 aromatic heterocycles. The zero-order valence-electron chi connectivity index (χ0n) is 17.3. The first-order valence-electron chi connectivity index (χ1n) is 10.0. The van der Waals surface area contributed by atoms with Gasteiger partial charge in [0.05, 0.1) is 24.3 Å². The summed E-state index contributed by atoms with van der Waals surface area (Å²) < 4.78 is 15.0. The minimum Gasteiger partial charge on any atom is -0.391 e. The van der Waals surface area contributed by atoms with Crippen LogP contribution in [0, 0.1) is 23.1 Å². The predicted octanol–water partition coefficient (Wildman–Crippen LogP) is 0.704. The molecule has 1 saturated heterocycles. The fourth-order valence-corrected chi connectivity index (χ4v) is 3.66. The average Bonchev–Trinajstić information content (AvgIpc) is 2.74. The second kappa shape index (κ2) is 10.1. The summed E-state index contributed by atoms with van der Waals surface area (Å²) in [7, 11) is 1.73. The van der Waals surface area contributed by atoms with Crippen molar-refractivity contribution in [2.75, 3.05) is 43.4 Å². The number of primary amides is 1. The molecule has 0 saturated carbocycles. The molecule has 2 atom stereocenters. The van der Waals surface area contributed by atoms with Crippen molar-refractivity contribution in [3.63, 3.8) is 0 Å². The molecular weight excluding hydrogens is 401 g/mol. The van der Waals surface area contributed by atoms with Crippen LogP contribution in [0.25, 0.3) is 0 Å². The average molecular weight is 427 g/mol. The molecule has 3 rings (SSSR count). The Hall–Kier alpha value is -3.29. The number of hydrogen-bond acceptors (Lipinski definition) is 8. The predicted molar refractivity (Wildman–Crippen MR) is 113 cm³/mol. The molecule has 0 aliphatic carbocycles. The van der Waals surface area contributed by atoms with Crippen molar-refractivity contribution in [3.8, 4) is 6.07 Å². The maximum Gasteiger partial charge on any atom is 0.231 e. The smallest absolute Gasteiger partial charge is 0.231 e. The Balaban J connectivity index is 1.60. The topological polar surface area (TPSA) is 131 Å². The van der Waals surface area contributed by atoms with Gasteiger partial charge in [0, 0.05) is 32.6 Å². The summed E-state index contributed by atoms with van der Waals surface area (Å²) in [5.41, 5.74) is 6.69. The summed E-state index contributed by atoms with van der Waals surface area (Å²) in [6.07, 6.45) is 1.30. The largest absolute Gasteiger partial charge is 0.391 e. The number of likely N-dealkylation sites (tertiary alicyclic amines) is 1. The molecule has 0 unspecified atom stereocenters. The number of nitrogens with two attached hydrogens (primary N) is 1. The Labute approximate surface area is 180 Å². The van der Waals surface area contributed by atoms with Gasteiger partial charge in [0.15, 0.2) is 11.6 Å². The van der Waals surface area contributed by atoms with Crippen LogP contribution in [0.4, 0.5) is 16.0 Å². The molecule has 1 aromatic carbocycles. The third-order valence-electron chi connectivity index (χ3n) is 5.35. The first kappa shape index (κ1) is 22.4. The van der Waals surface area contributed by atoms with Gasteiger partial charge in [0.1, 0.15) is 6.33 Å². The highest BCUT2D eigenvalue weighted by atomic mass is 19.1. The normalized spacial score (nSPS) is 18.9. The molecule has 0 radical (unpaired) electrons. The van der Waals surface area contributed by atoms with E-state index in [9.17, 15) is 9.90 Å². The lowest BCUT2D eigenvalue weighted by molar-refractivity contribution is -0.120. The van der Waals surface area contributed by atoms with Crippen LogP contribution in [-0.2, 0) is 11.3 Å². The molecule has 10 heteroatoms. The van der Waals surface area contributed by atoms with E-state index in [0.717, 1.165) is 5.56 Å². The second-order valence-corrected chi connectivity index (χ2v) is 7.72. The fourth-order valence-electron chi connectivity index (χ4n) is 3.66. The van der Waals surface area contributed by atoms with Gasteiger partial charge in [-0.15, -0.1) is 0 Å². The molecule has 2 heterocycles. The molecule has 4 N–H and O–H groups in total. The van der Waals surface area contributed by atoms with Gasteiger partial charge in [-0.2, -0.15) is 9.65 Å². The number of carbonyl (C=O) groups excluding carboxylic acids is 1. The lowest BCUT2D eigenvalue weighted by Crippen LogP contribution is -2.48. The highest BCUT2D eigenvalue weighted by molar-refractivity contribution is 5.75. The molecule has 1 aliphatic heterocycles. The molecule has 1 aliphatic rings. The second-order valence-electron chi connectivity index (χ2n) is 7.72. The molecule has 1 fully saturated rings. The van der Waals surface area contributed by atoms with Gasteiger partial charge in [-0.05, 0) is 30.7 Å². The standard InChI is InChI=1S/C21H26FN7O2/c1-28(10-15-4-2-14(8-23)3-5-15)21-19(22)20(26-13-27-21)25-9-16-6-7-29(11-17(16)30)12-18(24)31/h2-5,13,16-17,30H,6-7,9-12H2,1H3,(H2,24,31)(H,25,26,27)/t16-,17+/m1/s1. The van der Waals surface area contributed by atoms with E-state index in [2.05, 4.69) is 21.4 Å². The number of anilines is 2. The van der Waals surface area contributed by atoms with Crippen molar-refractivity contribution in [3.05, 3.63) is 47.5 Å². The van der Waals surface area contributed by atoms with Crippen molar-refractivity contribution in [1.29, 1.82) is 5.26 Å². The summed E-state index contributed by atoms with van der Waals surface area (Å²) in [5, 5.41) is 22.2. The zero-order valence-corrected chi connectivity index (χ0v) is 17.3. The van der Waals surface area contributed by atoms with Crippen LogP contribution < -0.4 is 16.0 Å². The van der Waals surface area contributed by atoms with Crippen molar-refractivity contribution in [2.45, 2.75) is 19.1 Å². The Bertz CT molecular complexity index is 948. The van der Waals surface area contributed by atoms with Gasteiger partial charge in [0.25, 0.3) is 0 Å². The SMILES string of the molecule is CN(Cc1ccc(C#N)cc1)c1ncnc(NC[C@H]2CCN(CC(N)=O)C[C@@H]2O)c1F. The number of nitrogens with one attached hydrogen (secondary N) is 1. The third-order valence-corrected chi connectivity index (χ3v) is 5.35. The van der Waals surface area contributed by atoms with Crippen molar-refractivity contribution < 1.29 is 14.3 Å². The quantitative estimate of drug-likeness (QED) is 0.561. The summed E-state index contributed by atoms with van der Waals surface area (Å²) in [5.74, 6) is -0.871. The molecule has 31 heavy (non-hydrogen) atoms. The number of aliphatic hydroxyl groups is 1. The molecular formula is C21H26FN7O2. The fraction of sp³-hybridized carbons (Fsp3) is 0.429. The molecule has 164 valence electrons. The maximum absolute atomic E-state index is 15.0. The number of nitrogens with zero attached hydrogens (tertiary/aromatic N) is 5. The molecule has 0 bridgehead atoms. The highest BCUT2D eigenvalue weighted by Gasteiger charge is 2.28. The van der Waals surface area contributed by atoms with E-state index in [1.807, 2.05) is 17.0 Å². The number of rotatable bonds is 8. The minimum atomic E-state index is -0.649. The number of nitriles is 1. The van der Waals surface area contributed by atoms with Crippen LogP contribution in [0.5, 0.6) is 0 Å². The third kappa shape index (κ3) is 5.87. The van der Waals surface area contributed by atoms with Gasteiger partial charge >= 0.3 is 0 Å². The Morgan fingerprint density at radius 1 is 1.42 bits per heavy atom. The number of piperidine rings is 1.